The average Bonchev–Trinajstić information content (AvgIpc) is 3.50. The lowest BCUT2D eigenvalue weighted by molar-refractivity contribution is 0.0510. The molecule has 0 saturated heterocycles. The number of aromatic amines is 2. The molecule has 200 valence electrons. The van der Waals surface area contributed by atoms with Gasteiger partial charge in [0.05, 0.1) is 25.8 Å². The van der Waals surface area contributed by atoms with Crippen LogP contribution in [0.5, 0.6) is 0 Å². The van der Waals surface area contributed by atoms with Gasteiger partial charge in [0.1, 0.15) is 11.4 Å². The van der Waals surface area contributed by atoms with Crippen LogP contribution in [0.15, 0.2) is 12.1 Å². The number of fused-ring (bicyclic) bond motifs is 2. The number of benzene rings is 1. The number of carbonyl (C=O) groups excluding carboxylic acids is 4. The number of nitrogens with one attached hydrogen (secondary N) is 2. The molecule has 10 heteroatoms. The van der Waals surface area contributed by atoms with Crippen LogP contribution in [0, 0.1) is 20.8 Å². The number of carbonyl (C=O) groups is 4. The van der Waals surface area contributed by atoms with Crippen molar-refractivity contribution in [3.8, 4) is 0 Å². The van der Waals surface area contributed by atoms with E-state index < -0.39 is 18.0 Å². The molecule has 0 aliphatic carbocycles. The highest BCUT2D eigenvalue weighted by atomic mass is 16.5. The molecule has 0 unspecified atom stereocenters. The molecule has 3 aromatic heterocycles. The van der Waals surface area contributed by atoms with Gasteiger partial charge in [-0.25, -0.2) is 19.0 Å². The summed E-state index contributed by atoms with van der Waals surface area (Å²) in [4.78, 5) is 56.7. The van der Waals surface area contributed by atoms with Crippen LogP contribution >= 0.6 is 0 Å². The van der Waals surface area contributed by atoms with Crippen LogP contribution in [0.25, 0.3) is 21.8 Å². The molecule has 0 amide bonds. The molecule has 2 N–H and O–H groups in total. The zero-order valence-electron chi connectivity index (χ0n) is 22.6. The Hall–Kier alpha value is -4.34. The maximum atomic E-state index is 13.0. The minimum Gasteiger partial charge on any atom is -0.461 e. The second kappa shape index (κ2) is 10.2. The zero-order chi connectivity index (χ0) is 27.9. The Morgan fingerprint density at radius 1 is 0.868 bits per heavy atom. The van der Waals surface area contributed by atoms with Crippen LogP contribution in [0.3, 0.4) is 0 Å². The zero-order valence-corrected chi connectivity index (χ0v) is 22.6. The molecule has 0 spiro atoms. The quantitative estimate of drug-likeness (QED) is 0.196. The van der Waals surface area contributed by atoms with Crippen molar-refractivity contribution >= 4 is 45.6 Å². The van der Waals surface area contributed by atoms with E-state index in [9.17, 15) is 19.2 Å². The predicted octanol–water partition coefficient (Wildman–Crippen LogP) is 5.14. The summed E-state index contributed by atoms with van der Waals surface area (Å²) in [5.41, 5.74) is 5.38. The summed E-state index contributed by atoms with van der Waals surface area (Å²) in [6.07, 6.45) is -0.458. The summed E-state index contributed by atoms with van der Waals surface area (Å²) < 4.78 is 16.9. The fraction of sp³-hybridized carbons (Fsp3) is 0.357. The van der Waals surface area contributed by atoms with Gasteiger partial charge in [-0.2, -0.15) is 0 Å². The number of hydrogen-bond donors (Lipinski definition) is 2. The molecule has 0 fully saturated rings. The molecule has 4 rings (SSSR count). The maximum absolute atomic E-state index is 13.0. The number of nitrogens with zero attached hydrogens (tertiary/aromatic N) is 1. The Balaban J connectivity index is 1.93. The fourth-order valence-electron chi connectivity index (χ4n) is 5.20. The second-order valence-electron chi connectivity index (χ2n) is 9.08. The molecule has 0 atom stereocenters. The van der Waals surface area contributed by atoms with Crippen LogP contribution in [-0.4, -0.2) is 58.7 Å². The molecular formula is C28H31N3O7. The Morgan fingerprint density at radius 3 is 2.03 bits per heavy atom. The van der Waals surface area contributed by atoms with Gasteiger partial charge in [0.15, 0.2) is 5.78 Å². The summed E-state index contributed by atoms with van der Waals surface area (Å²) in [6, 6.07) is 3.66. The highest BCUT2D eigenvalue weighted by Crippen LogP contribution is 2.35. The third-order valence-electron chi connectivity index (χ3n) is 6.81. The number of ether oxygens (including phenoxy) is 3. The lowest BCUT2D eigenvalue weighted by Gasteiger charge is -2.09. The van der Waals surface area contributed by atoms with Crippen molar-refractivity contribution in [2.45, 2.75) is 48.0 Å². The van der Waals surface area contributed by atoms with Gasteiger partial charge in [-0.15, -0.1) is 0 Å². The summed E-state index contributed by atoms with van der Waals surface area (Å²) >= 11 is 0. The Labute approximate surface area is 219 Å². The maximum Gasteiger partial charge on any atom is 0.418 e. The van der Waals surface area contributed by atoms with E-state index in [0.29, 0.717) is 39.2 Å². The van der Waals surface area contributed by atoms with Crippen molar-refractivity contribution in [2.24, 2.45) is 0 Å². The van der Waals surface area contributed by atoms with Crippen molar-refractivity contribution in [1.29, 1.82) is 0 Å². The molecule has 0 saturated carbocycles. The number of aromatic nitrogens is 3. The van der Waals surface area contributed by atoms with Crippen LogP contribution < -0.4 is 0 Å². The first kappa shape index (κ1) is 26.7. The molecule has 0 aliphatic rings. The van der Waals surface area contributed by atoms with E-state index >= 15 is 0 Å². The number of aryl methyl sites for hydroxylation is 2. The Morgan fingerprint density at radius 2 is 1.47 bits per heavy atom. The molecule has 10 nitrogen and oxygen atoms in total. The smallest absolute Gasteiger partial charge is 0.418 e. The van der Waals surface area contributed by atoms with E-state index in [-0.39, 0.29) is 31.1 Å². The minimum atomic E-state index is -0.610. The third-order valence-corrected chi connectivity index (χ3v) is 6.81. The molecule has 3 heterocycles. The SMILES string of the molecule is CCOC(=O)c1[nH]c(Cc2cc3c(C)c4c(C)c(C(=O)OCC)[nH]c4cc3n2C(=O)OC)c(C(C)=O)c1C. The Bertz CT molecular complexity index is 1620. The van der Waals surface area contributed by atoms with Crippen molar-refractivity contribution in [1.82, 2.24) is 14.5 Å². The molecule has 0 bridgehead atoms. The van der Waals surface area contributed by atoms with Crippen molar-refractivity contribution in [3.05, 3.63) is 57.2 Å². The molecule has 38 heavy (non-hydrogen) atoms. The normalized spacial score (nSPS) is 11.2. The first-order valence-corrected chi connectivity index (χ1v) is 12.4. The van der Waals surface area contributed by atoms with Crippen molar-refractivity contribution < 1.29 is 33.4 Å². The predicted molar refractivity (Wildman–Crippen MR) is 141 cm³/mol. The van der Waals surface area contributed by atoms with Gasteiger partial charge < -0.3 is 24.2 Å². The number of H-pyrrole nitrogens is 2. The molecule has 4 aromatic rings. The Kier molecular flexibility index (Phi) is 7.17. The number of hydrogen-bond acceptors (Lipinski definition) is 7. The van der Waals surface area contributed by atoms with Gasteiger partial charge in [0, 0.05) is 39.7 Å². The van der Waals surface area contributed by atoms with E-state index in [0.717, 1.165) is 21.9 Å². The van der Waals surface area contributed by atoms with Crippen LogP contribution in [0.4, 0.5) is 4.79 Å². The fourth-order valence-corrected chi connectivity index (χ4v) is 5.20. The molecule has 0 radical (unpaired) electrons. The number of rotatable bonds is 7. The van der Waals surface area contributed by atoms with E-state index in [1.807, 2.05) is 19.9 Å². The van der Waals surface area contributed by atoms with Gasteiger partial charge in [-0.3, -0.25) is 4.79 Å². The number of esters is 2. The van der Waals surface area contributed by atoms with E-state index in [2.05, 4.69) is 9.97 Å². The topological polar surface area (TPSA) is 132 Å². The minimum absolute atomic E-state index is 0.152. The second-order valence-corrected chi connectivity index (χ2v) is 9.08. The van der Waals surface area contributed by atoms with E-state index in [1.54, 1.807) is 26.8 Å². The lowest BCUT2D eigenvalue weighted by Crippen LogP contribution is -2.15. The summed E-state index contributed by atoms with van der Waals surface area (Å²) in [5, 5.41) is 1.65. The largest absolute Gasteiger partial charge is 0.461 e. The first-order chi connectivity index (χ1) is 18.0. The number of methoxy groups -OCH3 is 1. The summed E-state index contributed by atoms with van der Waals surface area (Å²) in [5.74, 6) is -1.21. The highest BCUT2D eigenvalue weighted by Gasteiger charge is 2.26. The lowest BCUT2D eigenvalue weighted by atomic mass is 10.0. The standard InChI is InChI=1S/C28H31N3O7/c1-8-37-26(33)24-14(4)22-13(3)18-10-17(31(28(35)36-7)21(18)12-20(22)30-24)11-19-23(16(6)32)15(5)25(29-19)27(34)38-9-2/h10,12,29-30H,8-9,11H2,1-7H3. The monoisotopic (exact) mass is 521 g/mol. The van der Waals surface area contributed by atoms with Gasteiger partial charge >= 0.3 is 18.0 Å². The van der Waals surface area contributed by atoms with Gasteiger partial charge in [-0.05, 0) is 70.4 Å². The van der Waals surface area contributed by atoms with Crippen LogP contribution in [0.2, 0.25) is 0 Å². The van der Waals surface area contributed by atoms with Crippen LogP contribution in [0.1, 0.15) is 80.2 Å². The molecular weight excluding hydrogens is 490 g/mol. The van der Waals surface area contributed by atoms with Crippen molar-refractivity contribution in [2.75, 3.05) is 20.3 Å². The van der Waals surface area contributed by atoms with Gasteiger partial charge in [0.2, 0.25) is 0 Å². The van der Waals surface area contributed by atoms with Crippen LogP contribution in [-0.2, 0) is 20.6 Å². The summed E-state index contributed by atoms with van der Waals surface area (Å²) in [6.45, 7) is 10.8. The molecule has 1 aromatic carbocycles. The number of Topliss-reactive ketones (excluding diaryl/α,β-unsaturated/α-hetero) is 1. The average molecular weight is 522 g/mol. The highest BCUT2D eigenvalue weighted by molar-refractivity contribution is 6.08. The summed E-state index contributed by atoms with van der Waals surface area (Å²) in [7, 11) is 1.29. The van der Waals surface area contributed by atoms with E-state index in [1.165, 1.54) is 18.6 Å². The van der Waals surface area contributed by atoms with Gasteiger partial charge in [0.25, 0.3) is 0 Å². The van der Waals surface area contributed by atoms with Gasteiger partial charge in [-0.1, -0.05) is 0 Å². The first-order valence-electron chi connectivity index (χ1n) is 12.4. The van der Waals surface area contributed by atoms with Crippen molar-refractivity contribution in [3.63, 3.8) is 0 Å². The molecule has 0 aliphatic heterocycles. The third kappa shape index (κ3) is 4.25. The number of ketones is 1. The van der Waals surface area contributed by atoms with E-state index in [4.69, 9.17) is 14.2 Å².